The predicted molar refractivity (Wildman–Crippen MR) is 142 cm³/mol. The lowest BCUT2D eigenvalue weighted by atomic mass is 9.99. The highest BCUT2D eigenvalue weighted by molar-refractivity contribution is 6.02. The Hall–Kier alpha value is -4.47. The number of aromatic hydroxyl groups is 1. The van der Waals surface area contributed by atoms with E-state index >= 15 is 0 Å². The number of hydrogen-bond acceptors (Lipinski definition) is 7. The summed E-state index contributed by atoms with van der Waals surface area (Å²) in [4.78, 5) is 30.4. The molecule has 0 aliphatic carbocycles. The van der Waals surface area contributed by atoms with Crippen LogP contribution in [-0.2, 0) is 16.1 Å². The Morgan fingerprint density at radius 1 is 1.05 bits per heavy atom. The fourth-order valence-corrected chi connectivity index (χ4v) is 4.17. The summed E-state index contributed by atoms with van der Waals surface area (Å²) in [6.07, 6.45) is 0. The van der Waals surface area contributed by atoms with Crippen LogP contribution in [0.25, 0.3) is 11.6 Å². The molecule has 0 spiro atoms. The quantitative estimate of drug-likeness (QED) is 0.376. The first kappa shape index (κ1) is 26.6. The van der Waals surface area contributed by atoms with Crippen molar-refractivity contribution in [3.63, 3.8) is 0 Å². The molecule has 2 aromatic carbocycles. The molecular formula is C28H32N6O4. The smallest absolute Gasteiger partial charge is 0.251 e. The molecule has 10 heteroatoms. The number of aryl methyl sites for hydroxylation is 3. The van der Waals surface area contributed by atoms with E-state index in [4.69, 9.17) is 4.42 Å². The molecule has 0 bridgehead atoms. The number of carbonyl (C=O) groups is 2. The summed E-state index contributed by atoms with van der Waals surface area (Å²) in [5, 5.41) is 25.3. The van der Waals surface area contributed by atoms with Gasteiger partial charge in [0, 0.05) is 11.2 Å². The van der Waals surface area contributed by atoms with Gasteiger partial charge in [0.2, 0.25) is 11.7 Å². The number of nitrogens with zero attached hydrogens (tertiary/aromatic N) is 5. The Kier molecular flexibility index (Phi) is 7.34. The van der Waals surface area contributed by atoms with E-state index in [0.29, 0.717) is 22.8 Å². The minimum atomic E-state index is -1.03. The Morgan fingerprint density at radius 2 is 1.76 bits per heavy atom. The number of rotatable bonds is 7. The van der Waals surface area contributed by atoms with Crippen LogP contribution in [0.1, 0.15) is 49.3 Å². The molecular weight excluding hydrogens is 484 g/mol. The van der Waals surface area contributed by atoms with Gasteiger partial charge in [0.1, 0.15) is 24.1 Å². The van der Waals surface area contributed by atoms with Gasteiger partial charge in [-0.25, -0.2) is 0 Å². The zero-order valence-corrected chi connectivity index (χ0v) is 22.4. The topological polar surface area (TPSA) is 126 Å². The first-order valence-electron chi connectivity index (χ1n) is 12.3. The van der Waals surface area contributed by atoms with Crippen LogP contribution in [0.4, 0.5) is 5.69 Å². The Labute approximate surface area is 221 Å². The fraction of sp³-hybridized carbons (Fsp3) is 0.321. The molecule has 38 heavy (non-hydrogen) atoms. The van der Waals surface area contributed by atoms with Crippen LogP contribution in [0.2, 0.25) is 0 Å². The molecule has 2 heterocycles. The number of nitrogens with one attached hydrogen (secondary N) is 1. The number of tetrazole rings is 1. The van der Waals surface area contributed by atoms with E-state index < -0.39 is 17.5 Å². The lowest BCUT2D eigenvalue weighted by Crippen LogP contribution is -2.50. The number of benzene rings is 2. The second-order valence-electron chi connectivity index (χ2n) is 10.3. The fourth-order valence-electron chi connectivity index (χ4n) is 4.17. The monoisotopic (exact) mass is 516 g/mol. The maximum absolute atomic E-state index is 14.0. The van der Waals surface area contributed by atoms with Crippen molar-refractivity contribution >= 4 is 17.5 Å². The summed E-state index contributed by atoms with van der Waals surface area (Å²) in [6, 6.07) is 14.4. The zero-order chi connectivity index (χ0) is 27.6. The first-order chi connectivity index (χ1) is 17.9. The summed E-state index contributed by atoms with van der Waals surface area (Å²) in [5.41, 5.74) is 2.41. The van der Waals surface area contributed by atoms with Gasteiger partial charge in [-0.1, -0.05) is 29.8 Å². The van der Waals surface area contributed by atoms with Crippen LogP contribution in [0.3, 0.4) is 0 Å². The molecule has 0 fully saturated rings. The molecule has 2 amide bonds. The highest BCUT2D eigenvalue weighted by Gasteiger charge is 2.35. The van der Waals surface area contributed by atoms with E-state index in [9.17, 15) is 14.7 Å². The van der Waals surface area contributed by atoms with Crippen molar-refractivity contribution in [2.45, 2.75) is 59.7 Å². The minimum absolute atomic E-state index is 0.0561. The summed E-state index contributed by atoms with van der Waals surface area (Å²) >= 11 is 0. The maximum atomic E-state index is 14.0. The van der Waals surface area contributed by atoms with Crippen molar-refractivity contribution in [2.24, 2.45) is 0 Å². The molecule has 0 radical (unpaired) electrons. The summed E-state index contributed by atoms with van der Waals surface area (Å²) < 4.78 is 5.57. The van der Waals surface area contributed by atoms with Crippen molar-refractivity contribution in [3.05, 3.63) is 77.0 Å². The third-order valence-electron chi connectivity index (χ3n) is 5.78. The largest absolute Gasteiger partial charge is 0.508 e. The van der Waals surface area contributed by atoms with E-state index in [1.165, 1.54) is 21.8 Å². The zero-order valence-electron chi connectivity index (χ0n) is 22.4. The van der Waals surface area contributed by atoms with Gasteiger partial charge >= 0.3 is 0 Å². The molecule has 198 valence electrons. The van der Waals surface area contributed by atoms with Crippen molar-refractivity contribution in [3.8, 4) is 17.3 Å². The van der Waals surface area contributed by atoms with Crippen molar-refractivity contribution in [1.82, 2.24) is 25.5 Å². The Balaban J connectivity index is 1.78. The molecule has 2 N–H and O–H groups in total. The van der Waals surface area contributed by atoms with E-state index in [1.54, 1.807) is 24.3 Å². The highest BCUT2D eigenvalue weighted by atomic mass is 16.3. The molecule has 0 saturated heterocycles. The van der Waals surface area contributed by atoms with Crippen LogP contribution in [0.5, 0.6) is 5.75 Å². The molecule has 2 aromatic heterocycles. The van der Waals surface area contributed by atoms with Gasteiger partial charge in [-0.15, -0.1) is 10.2 Å². The molecule has 10 nitrogen and oxygen atoms in total. The molecule has 0 saturated carbocycles. The molecule has 4 aromatic rings. The van der Waals surface area contributed by atoms with Gasteiger partial charge in [0.15, 0.2) is 5.76 Å². The Morgan fingerprint density at radius 3 is 2.37 bits per heavy atom. The number of phenols is 1. The number of anilines is 1. The van der Waals surface area contributed by atoms with Crippen LogP contribution >= 0.6 is 0 Å². The summed E-state index contributed by atoms with van der Waals surface area (Å²) in [7, 11) is 0. The van der Waals surface area contributed by atoms with E-state index in [2.05, 4.69) is 20.7 Å². The number of amides is 2. The number of hydrogen-bond donors (Lipinski definition) is 2. The van der Waals surface area contributed by atoms with Crippen molar-refractivity contribution in [1.29, 1.82) is 0 Å². The first-order valence-corrected chi connectivity index (χ1v) is 12.3. The normalized spacial score (nSPS) is 12.3. The molecule has 4 rings (SSSR count). The van der Waals surface area contributed by atoms with Gasteiger partial charge in [-0.3, -0.25) is 14.5 Å². The van der Waals surface area contributed by atoms with Gasteiger partial charge in [-0.05, 0) is 88.2 Å². The molecule has 0 aliphatic heterocycles. The third kappa shape index (κ3) is 6.08. The van der Waals surface area contributed by atoms with Gasteiger partial charge in [0.25, 0.3) is 5.91 Å². The molecule has 0 aliphatic rings. The molecule has 1 atom stereocenters. The Bertz CT molecular complexity index is 1450. The van der Waals surface area contributed by atoms with E-state index in [1.807, 2.05) is 59.7 Å². The second kappa shape index (κ2) is 10.5. The van der Waals surface area contributed by atoms with Gasteiger partial charge in [0.05, 0.1) is 0 Å². The van der Waals surface area contributed by atoms with E-state index in [-0.39, 0.29) is 24.0 Å². The molecule has 0 unspecified atom stereocenters. The number of furan rings is 1. The van der Waals surface area contributed by atoms with Crippen LogP contribution in [0, 0.1) is 20.8 Å². The van der Waals surface area contributed by atoms with Crippen LogP contribution < -0.4 is 10.2 Å². The van der Waals surface area contributed by atoms with Crippen LogP contribution in [-0.4, -0.2) is 42.7 Å². The van der Waals surface area contributed by atoms with E-state index in [0.717, 1.165) is 11.1 Å². The lowest BCUT2D eigenvalue weighted by molar-refractivity contribution is -0.128. The second-order valence-corrected chi connectivity index (χ2v) is 10.3. The maximum Gasteiger partial charge on any atom is 0.251 e. The SMILES string of the molecule is Cc1ccc(N(C(=O)Cn2nnc(-c3ccc(C)o3)n2)[C@@H](C(=O)NC(C)(C)C)c2ccc(O)cc2)c(C)c1. The standard InChI is InChI=1S/C28H32N6O4/c1-17-7-13-22(18(2)15-17)34(24(36)16-33-31-26(30-32-33)23-14-8-19(3)38-23)25(27(37)29-28(4,5)6)20-9-11-21(35)12-10-20/h7-15,25,35H,16H2,1-6H3,(H,29,37)/t25-/m1/s1. The number of carbonyl (C=O) groups excluding carboxylic acids is 2. The summed E-state index contributed by atoms with van der Waals surface area (Å²) in [6.45, 7) is 11.0. The van der Waals surface area contributed by atoms with Crippen LogP contribution in [0.15, 0.2) is 59.0 Å². The van der Waals surface area contributed by atoms with Gasteiger partial charge in [-0.2, -0.15) is 4.80 Å². The minimum Gasteiger partial charge on any atom is -0.508 e. The number of phenolic OH excluding ortho intramolecular Hbond substituents is 1. The predicted octanol–water partition coefficient (Wildman–Crippen LogP) is 4.25. The number of aromatic nitrogens is 4. The average Bonchev–Trinajstić information content (AvgIpc) is 3.46. The summed E-state index contributed by atoms with van der Waals surface area (Å²) in [5.74, 6) is 0.674. The third-order valence-corrected chi connectivity index (χ3v) is 5.78. The lowest BCUT2D eigenvalue weighted by Gasteiger charge is -2.34. The highest BCUT2D eigenvalue weighted by Crippen LogP contribution is 2.32. The van der Waals surface area contributed by atoms with Gasteiger partial charge < -0.3 is 14.8 Å². The van der Waals surface area contributed by atoms with Crippen molar-refractivity contribution < 1.29 is 19.1 Å². The average molecular weight is 517 g/mol. The van der Waals surface area contributed by atoms with Crippen molar-refractivity contribution in [2.75, 3.05) is 4.90 Å².